The van der Waals surface area contributed by atoms with Gasteiger partial charge in [-0.3, -0.25) is 10.3 Å². The van der Waals surface area contributed by atoms with Crippen LogP contribution < -0.4 is 10.6 Å². The Bertz CT molecular complexity index is 489. The smallest absolute Gasteiger partial charge is 0.126 e. The summed E-state index contributed by atoms with van der Waals surface area (Å²) in [5.41, 5.74) is 7.25. The van der Waals surface area contributed by atoms with Gasteiger partial charge in [0, 0.05) is 25.3 Å². The van der Waals surface area contributed by atoms with Gasteiger partial charge in [0.2, 0.25) is 0 Å². The number of nitrogens with one attached hydrogen (secondary N) is 1. The predicted molar refractivity (Wildman–Crippen MR) is 86.0 cm³/mol. The van der Waals surface area contributed by atoms with Crippen molar-refractivity contribution in [2.24, 2.45) is 5.73 Å². The number of nitrogens with zero attached hydrogens (tertiary/aromatic N) is 2. The quantitative estimate of drug-likeness (QED) is 0.648. The molecule has 0 aliphatic carbocycles. The van der Waals surface area contributed by atoms with Crippen molar-refractivity contribution in [1.82, 2.24) is 4.90 Å². The van der Waals surface area contributed by atoms with Crippen LogP contribution in [0.15, 0.2) is 18.2 Å². The largest absolute Gasteiger partial charge is 0.384 e. The Hall–Kier alpha value is -1.26. The van der Waals surface area contributed by atoms with Gasteiger partial charge in [-0.05, 0) is 38.1 Å². The highest BCUT2D eigenvalue weighted by molar-refractivity contribution is 6.34. The maximum Gasteiger partial charge on any atom is 0.126 e. The first-order valence-electron chi connectivity index (χ1n) is 7.12. The first-order valence-corrected chi connectivity index (χ1v) is 7.50. The fourth-order valence-electron chi connectivity index (χ4n) is 3.03. The summed E-state index contributed by atoms with van der Waals surface area (Å²) in [6, 6.07) is 6.24. The Morgan fingerprint density at radius 2 is 2.30 bits per heavy atom. The monoisotopic (exact) mass is 294 g/mol. The SMILES string of the molecule is CCN1CCCC1CN(C)c1cccc(Cl)c1C(=N)N. The lowest BCUT2D eigenvalue weighted by atomic mass is 10.1. The number of anilines is 1. The molecule has 1 atom stereocenters. The van der Waals surface area contributed by atoms with E-state index in [0.29, 0.717) is 16.6 Å². The van der Waals surface area contributed by atoms with Gasteiger partial charge in [-0.1, -0.05) is 24.6 Å². The van der Waals surface area contributed by atoms with Gasteiger partial charge in [0.25, 0.3) is 0 Å². The van der Waals surface area contributed by atoms with Crippen molar-refractivity contribution in [3.63, 3.8) is 0 Å². The predicted octanol–water partition coefficient (Wildman–Crippen LogP) is 2.54. The van der Waals surface area contributed by atoms with E-state index in [1.165, 1.54) is 19.4 Å². The Balaban J connectivity index is 2.19. The van der Waals surface area contributed by atoms with Crippen molar-refractivity contribution in [2.75, 3.05) is 31.6 Å². The molecule has 20 heavy (non-hydrogen) atoms. The molecule has 1 unspecified atom stereocenters. The molecule has 1 aliphatic heterocycles. The Kier molecular flexibility index (Phi) is 4.89. The lowest BCUT2D eigenvalue weighted by Gasteiger charge is -2.30. The number of benzene rings is 1. The zero-order valence-electron chi connectivity index (χ0n) is 12.2. The molecular formula is C15H23ClN4. The summed E-state index contributed by atoms with van der Waals surface area (Å²) in [7, 11) is 2.05. The number of nitrogens with two attached hydrogens (primary N) is 1. The Morgan fingerprint density at radius 3 is 2.95 bits per heavy atom. The normalized spacial score (nSPS) is 19.2. The third kappa shape index (κ3) is 3.07. The minimum absolute atomic E-state index is 0.0243. The van der Waals surface area contributed by atoms with Crippen LogP contribution in [0.25, 0.3) is 0 Å². The molecule has 1 aliphatic rings. The lowest BCUT2D eigenvalue weighted by Crippen LogP contribution is -2.39. The minimum Gasteiger partial charge on any atom is -0.384 e. The van der Waals surface area contributed by atoms with Crippen LogP contribution in [0.3, 0.4) is 0 Å². The van der Waals surface area contributed by atoms with Crippen LogP contribution in [-0.4, -0.2) is 43.5 Å². The summed E-state index contributed by atoms with van der Waals surface area (Å²) >= 11 is 6.18. The molecule has 0 amide bonds. The van der Waals surface area contributed by atoms with Crippen molar-refractivity contribution < 1.29 is 0 Å². The molecule has 1 heterocycles. The highest BCUT2D eigenvalue weighted by atomic mass is 35.5. The van der Waals surface area contributed by atoms with Crippen molar-refractivity contribution in [3.8, 4) is 0 Å². The summed E-state index contributed by atoms with van der Waals surface area (Å²) in [6.45, 7) is 5.42. The number of amidine groups is 1. The third-order valence-electron chi connectivity index (χ3n) is 4.06. The van der Waals surface area contributed by atoms with Gasteiger partial charge in [0.15, 0.2) is 0 Å². The number of rotatable bonds is 5. The van der Waals surface area contributed by atoms with Gasteiger partial charge in [-0.15, -0.1) is 0 Å². The summed E-state index contributed by atoms with van der Waals surface area (Å²) in [4.78, 5) is 4.68. The van der Waals surface area contributed by atoms with Gasteiger partial charge in [-0.25, -0.2) is 0 Å². The lowest BCUT2D eigenvalue weighted by molar-refractivity contribution is 0.270. The molecule has 1 fully saturated rings. The first-order chi connectivity index (χ1) is 9.54. The average Bonchev–Trinajstić information content (AvgIpc) is 2.85. The number of hydrogen-bond acceptors (Lipinski definition) is 3. The Morgan fingerprint density at radius 1 is 1.55 bits per heavy atom. The molecule has 0 spiro atoms. The van der Waals surface area contributed by atoms with E-state index in [0.717, 1.165) is 18.8 Å². The van der Waals surface area contributed by atoms with Gasteiger partial charge >= 0.3 is 0 Å². The van der Waals surface area contributed by atoms with Crippen molar-refractivity contribution >= 4 is 23.1 Å². The van der Waals surface area contributed by atoms with Gasteiger partial charge in [0.1, 0.15) is 5.84 Å². The van der Waals surface area contributed by atoms with Gasteiger partial charge < -0.3 is 10.6 Å². The van der Waals surface area contributed by atoms with Gasteiger partial charge in [0.05, 0.1) is 10.6 Å². The van der Waals surface area contributed by atoms with E-state index in [2.05, 4.69) is 16.7 Å². The molecule has 0 aromatic heterocycles. The summed E-state index contributed by atoms with van der Waals surface area (Å²) in [6.07, 6.45) is 2.50. The molecule has 1 saturated heterocycles. The molecule has 1 aromatic carbocycles. The molecule has 1 aromatic rings. The molecule has 110 valence electrons. The van der Waals surface area contributed by atoms with Crippen molar-refractivity contribution in [1.29, 1.82) is 5.41 Å². The van der Waals surface area contributed by atoms with E-state index in [1.54, 1.807) is 6.07 Å². The van der Waals surface area contributed by atoms with E-state index in [1.807, 2.05) is 19.2 Å². The van der Waals surface area contributed by atoms with Crippen LogP contribution in [0.5, 0.6) is 0 Å². The van der Waals surface area contributed by atoms with Crippen LogP contribution in [0.2, 0.25) is 5.02 Å². The number of likely N-dealkylation sites (tertiary alicyclic amines) is 1. The summed E-state index contributed by atoms with van der Waals surface area (Å²) in [5, 5.41) is 8.27. The van der Waals surface area contributed by atoms with E-state index in [-0.39, 0.29) is 5.84 Å². The molecule has 0 bridgehead atoms. The second-order valence-corrected chi connectivity index (χ2v) is 5.76. The molecule has 0 saturated carbocycles. The van der Waals surface area contributed by atoms with E-state index < -0.39 is 0 Å². The fourth-order valence-corrected chi connectivity index (χ4v) is 3.30. The van der Waals surface area contributed by atoms with Crippen LogP contribution in [-0.2, 0) is 0 Å². The highest BCUT2D eigenvalue weighted by Crippen LogP contribution is 2.28. The number of halogens is 1. The first kappa shape index (κ1) is 15.1. The van der Waals surface area contributed by atoms with Crippen LogP contribution in [0, 0.1) is 5.41 Å². The summed E-state index contributed by atoms with van der Waals surface area (Å²) < 4.78 is 0. The average molecular weight is 295 g/mol. The maximum atomic E-state index is 7.73. The topological polar surface area (TPSA) is 56.4 Å². The second-order valence-electron chi connectivity index (χ2n) is 5.35. The number of likely N-dealkylation sites (N-methyl/N-ethyl adjacent to an activating group) is 2. The third-order valence-corrected chi connectivity index (χ3v) is 4.38. The van der Waals surface area contributed by atoms with E-state index in [4.69, 9.17) is 22.7 Å². The van der Waals surface area contributed by atoms with Crippen molar-refractivity contribution in [2.45, 2.75) is 25.8 Å². The van der Waals surface area contributed by atoms with Crippen LogP contribution >= 0.6 is 11.6 Å². The molecule has 5 heteroatoms. The van der Waals surface area contributed by atoms with Gasteiger partial charge in [-0.2, -0.15) is 0 Å². The number of hydrogen-bond donors (Lipinski definition) is 2. The number of nitrogen functional groups attached to an aromatic ring is 1. The molecule has 3 N–H and O–H groups in total. The van der Waals surface area contributed by atoms with Crippen molar-refractivity contribution in [3.05, 3.63) is 28.8 Å². The fraction of sp³-hybridized carbons (Fsp3) is 0.533. The zero-order chi connectivity index (χ0) is 14.7. The highest BCUT2D eigenvalue weighted by Gasteiger charge is 2.25. The zero-order valence-corrected chi connectivity index (χ0v) is 13.0. The molecule has 0 radical (unpaired) electrons. The molecule has 2 rings (SSSR count). The summed E-state index contributed by atoms with van der Waals surface area (Å²) in [5.74, 6) is 0.0243. The van der Waals surface area contributed by atoms with Crippen LogP contribution in [0.4, 0.5) is 5.69 Å². The second kappa shape index (κ2) is 6.46. The molecule has 4 nitrogen and oxygen atoms in total. The van der Waals surface area contributed by atoms with E-state index >= 15 is 0 Å². The van der Waals surface area contributed by atoms with E-state index in [9.17, 15) is 0 Å². The Labute approximate surface area is 126 Å². The maximum absolute atomic E-state index is 7.73. The standard InChI is InChI=1S/C15H23ClN4/c1-3-20-9-5-6-11(20)10-19(2)13-8-4-7-12(16)14(13)15(17)18/h4,7-8,11H,3,5-6,9-10H2,1-2H3,(H3,17,18). The molecular weight excluding hydrogens is 272 g/mol. The van der Waals surface area contributed by atoms with Crippen LogP contribution in [0.1, 0.15) is 25.3 Å². The minimum atomic E-state index is 0.0243.